The molecule has 0 spiro atoms. The van der Waals surface area contributed by atoms with E-state index in [0.29, 0.717) is 0 Å². The Hall–Kier alpha value is -0.830. The normalized spacial score (nSPS) is 21.0. The minimum absolute atomic E-state index is 0.204. The molecule has 13 heavy (non-hydrogen) atoms. The van der Waals surface area contributed by atoms with E-state index in [4.69, 9.17) is 4.84 Å². The molecule has 1 atom stereocenters. The highest BCUT2D eigenvalue weighted by molar-refractivity contribution is 9.09. The molecular weight excluding hydrogens is 230 g/mol. The van der Waals surface area contributed by atoms with Crippen LogP contribution in [0.2, 0.25) is 0 Å². The van der Waals surface area contributed by atoms with Crippen LogP contribution in [0.5, 0.6) is 0 Å². The lowest BCUT2D eigenvalue weighted by Gasteiger charge is -2.00. The number of alkyl halides is 1. The van der Waals surface area contributed by atoms with Gasteiger partial charge < -0.3 is 4.84 Å². The number of rotatable bonds is 2. The molecule has 3 heteroatoms. The second kappa shape index (κ2) is 3.92. The van der Waals surface area contributed by atoms with Gasteiger partial charge in [0, 0.05) is 11.8 Å². The Morgan fingerprint density at radius 1 is 1.38 bits per heavy atom. The number of nitrogens with zero attached hydrogens (tertiary/aromatic N) is 1. The first-order chi connectivity index (χ1) is 6.40. The van der Waals surface area contributed by atoms with Crippen LogP contribution >= 0.6 is 15.9 Å². The molecule has 0 radical (unpaired) electrons. The first-order valence-electron chi connectivity index (χ1n) is 4.24. The second-order valence-corrected chi connectivity index (χ2v) is 3.64. The van der Waals surface area contributed by atoms with Crippen molar-refractivity contribution < 1.29 is 4.84 Å². The van der Waals surface area contributed by atoms with Gasteiger partial charge in [-0.1, -0.05) is 51.4 Å². The van der Waals surface area contributed by atoms with Gasteiger partial charge in [-0.15, -0.1) is 0 Å². The summed E-state index contributed by atoms with van der Waals surface area (Å²) in [6.45, 7) is 0. The summed E-state index contributed by atoms with van der Waals surface area (Å²) >= 11 is 3.38. The van der Waals surface area contributed by atoms with E-state index in [1.807, 2.05) is 18.2 Å². The number of hydrogen-bond donors (Lipinski definition) is 0. The maximum Gasteiger partial charge on any atom is 0.142 e. The van der Waals surface area contributed by atoms with E-state index in [0.717, 1.165) is 23.0 Å². The average Bonchev–Trinajstić information content (AvgIpc) is 2.67. The van der Waals surface area contributed by atoms with Gasteiger partial charge in [0.05, 0.1) is 5.71 Å². The van der Waals surface area contributed by atoms with Crippen LogP contribution in [0.3, 0.4) is 0 Å². The molecule has 0 saturated carbocycles. The highest BCUT2D eigenvalue weighted by Crippen LogP contribution is 2.17. The average molecular weight is 240 g/mol. The van der Waals surface area contributed by atoms with Gasteiger partial charge in [0.2, 0.25) is 0 Å². The third kappa shape index (κ3) is 1.91. The minimum Gasteiger partial charge on any atom is -0.391 e. The summed E-state index contributed by atoms with van der Waals surface area (Å²) < 4.78 is 0. The predicted octanol–water partition coefficient (Wildman–Crippen LogP) is 2.57. The molecule has 0 unspecified atom stereocenters. The van der Waals surface area contributed by atoms with Crippen LogP contribution < -0.4 is 0 Å². The zero-order valence-electron chi connectivity index (χ0n) is 7.11. The Balaban J connectivity index is 2.12. The molecule has 0 fully saturated rings. The molecule has 0 aliphatic carbocycles. The number of benzene rings is 1. The fourth-order valence-corrected chi connectivity index (χ4v) is 1.66. The van der Waals surface area contributed by atoms with Crippen LogP contribution in [-0.2, 0) is 4.84 Å². The third-order valence-electron chi connectivity index (χ3n) is 2.01. The van der Waals surface area contributed by atoms with Crippen LogP contribution in [0, 0.1) is 0 Å². The van der Waals surface area contributed by atoms with E-state index >= 15 is 0 Å². The van der Waals surface area contributed by atoms with Gasteiger partial charge >= 0.3 is 0 Å². The minimum atomic E-state index is 0.204. The van der Waals surface area contributed by atoms with Gasteiger partial charge in [0.15, 0.2) is 0 Å². The van der Waals surface area contributed by atoms with Gasteiger partial charge in [-0.2, -0.15) is 0 Å². The van der Waals surface area contributed by atoms with E-state index < -0.39 is 0 Å². The van der Waals surface area contributed by atoms with Gasteiger partial charge in [-0.3, -0.25) is 0 Å². The summed E-state index contributed by atoms with van der Waals surface area (Å²) in [7, 11) is 0. The molecule has 1 aliphatic rings. The van der Waals surface area contributed by atoms with Crippen molar-refractivity contribution in [1.29, 1.82) is 0 Å². The highest BCUT2D eigenvalue weighted by Gasteiger charge is 2.20. The SMILES string of the molecule is BrC[C@H]1CC(c2ccccc2)=NO1. The topological polar surface area (TPSA) is 21.6 Å². The summed E-state index contributed by atoms with van der Waals surface area (Å²) in [5.41, 5.74) is 2.20. The molecule has 2 rings (SSSR count). The molecular formula is C10H10BrNO. The van der Waals surface area contributed by atoms with Crippen LogP contribution in [0.15, 0.2) is 35.5 Å². The number of oxime groups is 1. The van der Waals surface area contributed by atoms with Crippen molar-refractivity contribution >= 4 is 21.6 Å². The fourth-order valence-electron chi connectivity index (χ4n) is 1.31. The largest absolute Gasteiger partial charge is 0.391 e. The van der Waals surface area contributed by atoms with Crippen LogP contribution in [0.1, 0.15) is 12.0 Å². The Morgan fingerprint density at radius 3 is 2.77 bits per heavy atom. The lowest BCUT2D eigenvalue weighted by atomic mass is 10.1. The summed E-state index contributed by atoms with van der Waals surface area (Å²) in [5.74, 6) is 0. The van der Waals surface area contributed by atoms with E-state index in [1.54, 1.807) is 0 Å². The quantitative estimate of drug-likeness (QED) is 0.728. The van der Waals surface area contributed by atoms with E-state index in [-0.39, 0.29) is 6.10 Å². The van der Waals surface area contributed by atoms with Crippen molar-refractivity contribution in [2.75, 3.05) is 5.33 Å². The molecule has 68 valence electrons. The molecule has 1 heterocycles. The van der Waals surface area contributed by atoms with Gasteiger partial charge in [0.1, 0.15) is 6.10 Å². The maximum absolute atomic E-state index is 5.21. The molecule has 0 N–H and O–H groups in total. The summed E-state index contributed by atoms with van der Waals surface area (Å²) in [5, 5.41) is 4.88. The molecule has 0 saturated heterocycles. The summed E-state index contributed by atoms with van der Waals surface area (Å²) in [6, 6.07) is 10.1. The Morgan fingerprint density at radius 2 is 2.15 bits per heavy atom. The lowest BCUT2D eigenvalue weighted by Crippen LogP contribution is -2.09. The van der Waals surface area contributed by atoms with Crippen LogP contribution in [-0.4, -0.2) is 17.1 Å². The predicted molar refractivity (Wildman–Crippen MR) is 56.3 cm³/mol. The fraction of sp³-hybridized carbons (Fsp3) is 0.300. The second-order valence-electron chi connectivity index (χ2n) is 2.99. The number of halogens is 1. The van der Waals surface area contributed by atoms with E-state index in [2.05, 4.69) is 33.2 Å². The van der Waals surface area contributed by atoms with Crippen molar-refractivity contribution in [3.05, 3.63) is 35.9 Å². The third-order valence-corrected chi connectivity index (χ3v) is 2.73. The lowest BCUT2D eigenvalue weighted by molar-refractivity contribution is 0.104. The zero-order valence-corrected chi connectivity index (χ0v) is 8.70. The molecule has 1 aliphatic heterocycles. The standard InChI is InChI=1S/C10H10BrNO/c11-7-9-6-10(12-13-9)8-4-2-1-3-5-8/h1-5,9H,6-7H2/t9-/m1/s1. The summed E-state index contributed by atoms with van der Waals surface area (Å²) in [4.78, 5) is 5.21. The number of hydrogen-bond acceptors (Lipinski definition) is 2. The Labute approximate surface area is 85.7 Å². The van der Waals surface area contributed by atoms with Crippen molar-refractivity contribution in [2.24, 2.45) is 5.16 Å². The molecule has 2 nitrogen and oxygen atoms in total. The first-order valence-corrected chi connectivity index (χ1v) is 5.36. The van der Waals surface area contributed by atoms with Crippen molar-refractivity contribution in [2.45, 2.75) is 12.5 Å². The van der Waals surface area contributed by atoms with Crippen molar-refractivity contribution in [1.82, 2.24) is 0 Å². The van der Waals surface area contributed by atoms with Crippen LogP contribution in [0.25, 0.3) is 0 Å². The van der Waals surface area contributed by atoms with Crippen molar-refractivity contribution in [3.8, 4) is 0 Å². The maximum atomic E-state index is 5.21. The van der Waals surface area contributed by atoms with Crippen molar-refractivity contribution in [3.63, 3.8) is 0 Å². The zero-order chi connectivity index (χ0) is 9.10. The van der Waals surface area contributed by atoms with Gasteiger partial charge in [-0.25, -0.2) is 0 Å². The molecule has 1 aromatic carbocycles. The highest BCUT2D eigenvalue weighted by atomic mass is 79.9. The first kappa shape index (κ1) is 8.75. The molecule has 0 aromatic heterocycles. The van der Waals surface area contributed by atoms with Crippen LogP contribution in [0.4, 0.5) is 0 Å². The molecule has 0 bridgehead atoms. The smallest absolute Gasteiger partial charge is 0.142 e. The monoisotopic (exact) mass is 239 g/mol. The van der Waals surface area contributed by atoms with E-state index in [9.17, 15) is 0 Å². The Bertz CT molecular complexity index is 310. The molecule has 1 aromatic rings. The van der Waals surface area contributed by atoms with E-state index in [1.165, 1.54) is 0 Å². The van der Waals surface area contributed by atoms with Gasteiger partial charge in [0.25, 0.3) is 0 Å². The Kier molecular flexibility index (Phi) is 2.64. The summed E-state index contributed by atoms with van der Waals surface area (Å²) in [6.07, 6.45) is 1.10. The molecule has 0 amide bonds. The van der Waals surface area contributed by atoms with Gasteiger partial charge in [-0.05, 0) is 5.56 Å².